The highest BCUT2D eigenvalue weighted by atomic mass is 35.5. The number of likely N-dealkylation sites (tertiary alicyclic amines) is 1. The number of halogens is 1. The zero-order valence-corrected chi connectivity index (χ0v) is 33.4. The second-order valence-electron chi connectivity index (χ2n) is 17.6. The molecule has 0 bridgehead atoms. The molecular formula is C42H56ClN7O3. The van der Waals surface area contributed by atoms with Gasteiger partial charge in [0.15, 0.2) is 12.0 Å². The van der Waals surface area contributed by atoms with Crippen molar-refractivity contribution in [2.75, 3.05) is 44.2 Å². The van der Waals surface area contributed by atoms with Crippen LogP contribution in [0.5, 0.6) is 0 Å². The van der Waals surface area contributed by atoms with E-state index in [-0.39, 0.29) is 29.3 Å². The average molecular weight is 742 g/mol. The van der Waals surface area contributed by atoms with Crippen molar-refractivity contribution in [2.45, 2.75) is 117 Å². The lowest BCUT2D eigenvalue weighted by molar-refractivity contribution is -0.0930. The number of aryl methyl sites for hydroxylation is 1. The third kappa shape index (κ3) is 6.63. The van der Waals surface area contributed by atoms with Gasteiger partial charge in [0.05, 0.1) is 28.3 Å². The first-order valence-corrected chi connectivity index (χ1v) is 20.1. The van der Waals surface area contributed by atoms with Crippen LogP contribution in [0.4, 0.5) is 10.6 Å². The van der Waals surface area contributed by atoms with Gasteiger partial charge >= 0.3 is 6.09 Å². The molecule has 1 aliphatic carbocycles. The van der Waals surface area contributed by atoms with Gasteiger partial charge in [-0.05, 0) is 97.3 Å². The first-order valence-electron chi connectivity index (χ1n) is 19.7. The highest BCUT2D eigenvalue weighted by Crippen LogP contribution is 2.56. The van der Waals surface area contributed by atoms with E-state index in [1.165, 1.54) is 5.56 Å². The number of ether oxygens (including phenoxy) is 2. The van der Waals surface area contributed by atoms with Gasteiger partial charge in [-0.25, -0.2) is 9.48 Å². The predicted molar refractivity (Wildman–Crippen MR) is 211 cm³/mol. The van der Waals surface area contributed by atoms with Crippen molar-refractivity contribution in [1.29, 1.82) is 0 Å². The SMILES string of the molecule is CC[C@@]1(C)CN(Cc2ccccc2)CCN1c1nn(C2CC3(C2)CN(C(=O)OC(C)(C)C)C3)c(C)c1-c1c(Cl)c(C)cc2c1cnn2C1CCCCO1. The lowest BCUT2D eigenvalue weighted by atomic mass is 9.61. The molecule has 2 aromatic heterocycles. The van der Waals surface area contributed by atoms with E-state index in [0.717, 1.165) is 129 Å². The summed E-state index contributed by atoms with van der Waals surface area (Å²) in [5, 5.41) is 12.3. The summed E-state index contributed by atoms with van der Waals surface area (Å²) in [6, 6.07) is 13.2. The van der Waals surface area contributed by atoms with Crippen LogP contribution in [0.15, 0.2) is 42.6 Å². The highest BCUT2D eigenvalue weighted by molar-refractivity contribution is 6.36. The van der Waals surface area contributed by atoms with E-state index in [1.807, 2.05) is 31.9 Å². The Hall–Kier alpha value is -3.60. The second-order valence-corrected chi connectivity index (χ2v) is 17.9. The van der Waals surface area contributed by atoms with Crippen molar-refractivity contribution in [2.24, 2.45) is 5.41 Å². The molecule has 8 rings (SSSR count). The van der Waals surface area contributed by atoms with E-state index in [9.17, 15) is 4.79 Å². The lowest BCUT2D eigenvalue weighted by Gasteiger charge is -2.58. The third-order valence-corrected chi connectivity index (χ3v) is 12.8. The van der Waals surface area contributed by atoms with Crippen molar-refractivity contribution in [3.63, 3.8) is 0 Å². The number of aromatic nitrogens is 4. The zero-order chi connectivity index (χ0) is 37.3. The van der Waals surface area contributed by atoms with Gasteiger partial charge in [-0.3, -0.25) is 9.58 Å². The Balaban J connectivity index is 1.17. The fourth-order valence-electron chi connectivity index (χ4n) is 9.41. The molecule has 4 fully saturated rings. The summed E-state index contributed by atoms with van der Waals surface area (Å²) in [7, 11) is 0. The van der Waals surface area contributed by atoms with Crippen molar-refractivity contribution in [3.8, 4) is 11.1 Å². The predicted octanol–water partition coefficient (Wildman–Crippen LogP) is 8.93. The molecule has 1 unspecified atom stereocenters. The van der Waals surface area contributed by atoms with Gasteiger partial charge in [0.2, 0.25) is 0 Å². The van der Waals surface area contributed by atoms with Gasteiger partial charge in [-0.15, -0.1) is 0 Å². The summed E-state index contributed by atoms with van der Waals surface area (Å²) in [6.07, 6.45) is 7.81. The summed E-state index contributed by atoms with van der Waals surface area (Å²) in [6.45, 7) is 20.7. The minimum atomic E-state index is -0.497. The summed E-state index contributed by atoms with van der Waals surface area (Å²) >= 11 is 7.43. The molecule has 53 heavy (non-hydrogen) atoms. The van der Waals surface area contributed by atoms with Gasteiger partial charge in [0.25, 0.3) is 0 Å². The fraction of sp³-hybridized carbons (Fsp3) is 0.595. The standard InChI is InChI=1S/C42H56ClN7O3/c1-8-41(7)25-46(24-30-14-10-9-11-15-30)17-18-48(41)38-35(36-32-23-44-50(34-16-12-13-19-52-34)33(32)20-28(2)37(36)43)29(3)49(45-38)31-21-42(22-31)26-47(27-42)39(51)53-40(4,5)6/h9-11,14-15,20,23,31,34H,8,12-13,16-19,21-22,24-27H2,1-7H3/t34?,41-/m0/s1. The smallest absolute Gasteiger partial charge is 0.410 e. The number of rotatable bonds is 7. The molecule has 284 valence electrons. The number of carbonyl (C=O) groups is 1. The van der Waals surface area contributed by atoms with E-state index in [1.54, 1.807) is 0 Å². The van der Waals surface area contributed by atoms with Gasteiger partial charge in [0.1, 0.15) is 5.60 Å². The normalized spacial score (nSPS) is 23.7. The molecule has 0 N–H and O–H groups in total. The molecule has 3 saturated heterocycles. The molecule has 10 nitrogen and oxygen atoms in total. The van der Waals surface area contributed by atoms with Gasteiger partial charge in [-0.1, -0.05) is 48.9 Å². The lowest BCUT2D eigenvalue weighted by Crippen LogP contribution is -2.64. The minimum Gasteiger partial charge on any atom is -0.444 e. The molecule has 2 aromatic carbocycles. The number of carbonyl (C=O) groups excluding carboxylic acids is 1. The molecule has 5 heterocycles. The number of amides is 1. The van der Waals surface area contributed by atoms with Crippen LogP contribution in [-0.2, 0) is 16.0 Å². The number of piperazine rings is 1. The number of hydrogen-bond acceptors (Lipinski definition) is 7. The summed E-state index contributed by atoms with van der Waals surface area (Å²) in [5.41, 5.74) is 6.14. The molecule has 0 radical (unpaired) electrons. The molecule has 3 aliphatic heterocycles. The highest BCUT2D eigenvalue weighted by Gasteiger charge is 2.56. The van der Waals surface area contributed by atoms with Gasteiger partial charge in [-0.2, -0.15) is 10.2 Å². The van der Waals surface area contributed by atoms with Crippen molar-refractivity contribution < 1.29 is 14.3 Å². The number of anilines is 1. The maximum Gasteiger partial charge on any atom is 0.410 e. The van der Waals surface area contributed by atoms with E-state index >= 15 is 0 Å². The number of hydrogen-bond donors (Lipinski definition) is 0. The largest absolute Gasteiger partial charge is 0.444 e. The monoisotopic (exact) mass is 741 g/mol. The Kier molecular flexibility index (Phi) is 9.34. The Morgan fingerprint density at radius 1 is 1.04 bits per heavy atom. The Bertz CT molecular complexity index is 1980. The Labute approximate surface area is 319 Å². The van der Waals surface area contributed by atoms with Crippen molar-refractivity contribution in [3.05, 3.63) is 64.4 Å². The topological polar surface area (TPSA) is 80.9 Å². The molecular weight excluding hydrogens is 686 g/mol. The molecule has 1 spiro atoms. The second kappa shape index (κ2) is 13.6. The summed E-state index contributed by atoms with van der Waals surface area (Å²) in [4.78, 5) is 19.8. The van der Waals surface area contributed by atoms with Crippen LogP contribution in [0.1, 0.15) is 102 Å². The maximum atomic E-state index is 12.8. The van der Waals surface area contributed by atoms with Gasteiger partial charge in [0, 0.05) is 73.5 Å². The van der Waals surface area contributed by atoms with Gasteiger partial charge < -0.3 is 19.3 Å². The number of fused-ring (bicyclic) bond motifs is 1. The first kappa shape index (κ1) is 36.4. The van der Waals surface area contributed by atoms with E-state index in [2.05, 4.69) is 83.3 Å². The molecule has 11 heteroatoms. The van der Waals surface area contributed by atoms with Crippen molar-refractivity contribution in [1.82, 2.24) is 29.4 Å². The maximum absolute atomic E-state index is 12.8. The fourth-order valence-corrected chi connectivity index (χ4v) is 9.66. The number of nitrogens with zero attached hydrogens (tertiary/aromatic N) is 7. The quantitative estimate of drug-likeness (QED) is 0.187. The van der Waals surface area contributed by atoms with Crippen LogP contribution in [0.3, 0.4) is 0 Å². The molecule has 4 aromatic rings. The van der Waals surface area contributed by atoms with Crippen LogP contribution in [0.25, 0.3) is 22.0 Å². The van der Waals surface area contributed by atoms with E-state index in [0.29, 0.717) is 0 Å². The van der Waals surface area contributed by atoms with E-state index < -0.39 is 5.60 Å². The van der Waals surface area contributed by atoms with Crippen LogP contribution in [0.2, 0.25) is 5.02 Å². The molecule has 4 aliphatic rings. The molecule has 1 saturated carbocycles. The molecule has 2 atom stereocenters. The minimum absolute atomic E-state index is 0.0760. The van der Waals surface area contributed by atoms with Crippen LogP contribution >= 0.6 is 11.6 Å². The Morgan fingerprint density at radius 3 is 2.47 bits per heavy atom. The van der Waals surface area contributed by atoms with Crippen LogP contribution in [0, 0.1) is 19.3 Å². The van der Waals surface area contributed by atoms with Crippen LogP contribution < -0.4 is 4.90 Å². The average Bonchev–Trinajstić information content (AvgIpc) is 3.65. The zero-order valence-electron chi connectivity index (χ0n) is 32.6. The number of benzene rings is 2. The summed E-state index contributed by atoms with van der Waals surface area (Å²) < 4.78 is 16.3. The Morgan fingerprint density at radius 2 is 1.79 bits per heavy atom. The first-order chi connectivity index (χ1) is 25.3. The van der Waals surface area contributed by atoms with Crippen LogP contribution in [-0.4, -0.2) is 85.9 Å². The van der Waals surface area contributed by atoms with E-state index in [4.69, 9.17) is 31.3 Å². The van der Waals surface area contributed by atoms with Crippen molar-refractivity contribution >= 4 is 34.4 Å². The summed E-state index contributed by atoms with van der Waals surface area (Å²) in [5.74, 6) is 1.01. The third-order valence-electron chi connectivity index (χ3n) is 12.3. The molecule has 1 amide bonds.